The second-order valence-corrected chi connectivity index (χ2v) is 6.47. The van der Waals surface area contributed by atoms with Crippen molar-refractivity contribution in [1.82, 2.24) is 9.97 Å². The summed E-state index contributed by atoms with van der Waals surface area (Å²) in [5, 5.41) is 13.5. The number of nitrogens with zero attached hydrogens (tertiary/aromatic N) is 3. The zero-order valence-corrected chi connectivity index (χ0v) is 18.7. The van der Waals surface area contributed by atoms with Gasteiger partial charge in [-0.15, -0.1) is 0 Å². The summed E-state index contributed by atoms with van der Waals surface area (Å²) >= 11 is 12.1. The Bertz CT molecular complexity index is 1030. The van der Waals surface area contributed by atoms with Crippen LogP contribution in [0.1, 0.15) is 0 Å². The van der Waals surface area contributed by atoms with Crippen LogP contribution in [0.4, 0.5) is 29.2 Å². The van der Waals surface area contributed by atoms with Gasteiger partial charge >= 0.3 is 42.1 Å². The van der Waals surface area contributed by atoms with E-state index < -0.39 is 18.3 Å². The maximum Gasteiger partial charge on any atom is 1.00 e. The van der Waals surface area contributed by atoms with Crippen molar-refractivity contribution in [1.29, 1.82) is 0 Å². The first-order valence-corrected chi connectivity index (χ1v) is 8.64. The fourth-order valence-corrected chi connectivity index (χ4v) is 2.67. The first-order chi connectivity index (χ1) is 13.7. The molecule has 1 aromatic heterocycles. The van der Waals surface area contributed by atoms with Crippen LogP contribution in [0.15, 0.2) is 54.7 Å². The van der Waals surface area contributed by atoms with Crippen LogP contribution in [0.3, 0.4) is 0 Å². The van der Waals surface area contributed by atoms with Crippen molar-refractivity contribution < 1.29 is 51.9 Å². The summed E-state index contributed by atoms with van der Waals surface area (Å²) in [5.74, 6) is -0.959. The molecule has 0 aliphatic rings. The van der Waals surface area contributed by atoms with Crippen LogP contribution in [0, 0.1) is 5.21 Å². The average molecular weight is 470 g/mol. The van der Waals surface area contributed by atoms with Crippen molar-refractivity contribution in [3.05, 3.63) is 70.0 Å². The van der Waals surface area contributed by atoms with E-state index in [9.17, 15) is 22.8 Å². The van der Waals surface area contributed by atoms with E-state index in [1.807, 2.05) is 0 Å². The van der Waals surface area contributed by atoms with Crippen LogP contribution in [0.25, 0.3) is 11.3 Å². The molecule has 1 heterocycles. The van der Waals surface area contributed by atoms with Crippen molar-refractivity contribution in [2.75, 3.05) is 5.06 Å². The van der Waals surface area contributed by atoms with E-state index in [1.165, 1.54) is 24.4 Å². The van der Waals surface area contributed by atoms with E-state index >= 15 is 0 Å². The first kappa shape index (κ1) is 24.6. The SMILES string of the molecule is [Na+].[O-]N(c1cccc(OC(F)(F)C(F)F)c1)c1nccc(-c2cc(Cl)ccc2Cl)n1. The predicted octanol–water partition coefficient (Wildman–Crippen LogP) is 3.33. The topological polar surface area (TPSA) is 61.3 Å². The third-order valence-corrected chi connectivity index (χ3v) is 4.15. The molecule has 0 radical (unpaired) electrons. The summed E-state index contributed by atoms with van der Waals surface area (Å²) in [6.45, 7) is 0. The van der Waals surface area contributed by atoms with Crippen molar-refractivity contribution >= 4 is 34.8 Å². The first-order valence-electron chi connectivity index (χ1n) is 7.88. The maximum absolute atomic E-state index is 13.1. The summed E-state index contributed by atoms with van der Waals surface area (Å²) in [4.78, 5) is 7.95. The largest absolute Gasteiger partial charge is 1.00 e. The number of halogens is 6. The molecule has 0 saturated carbocycles. The molecule has 0 aliphatic carbocycles. The fourth-order valence-electron chi connectivity index (χ4n) is 2.28. The number of benzene rings is 2. The molecule has 0 unspecified atom stereocenters. The van der Waals surface area contributed by atoms with Crippen molar-refractivity contribution in [2.24, 2.45) is 0 Å². The normalized spacial score (nSPS) is 11.2. The minimum atomic E-state index is -4.70. The second-order valence-electron chi connectivity index (χ2n) is 5.62. The van der Waals surface area contributed by atoms with Crippen LogP contribution in [-0.2, 0) is 0 Å². The van der Waals surface area contributed by atoms with Gasteiger partial charge in [0, 0.05) is 28.5 Å². The quantitative estimate of drug-likeness (QED) is 0.315. The van der Waals surface area contributed by atoms with Crippen LogP contribution in [0.5, 0.6) is 5.75 Å². The zero-order chi connectivity index (χ0) is 21.2. The Morgan fingerprint density at radius 3 is 2.50 bits per heavy atom. The average Bonchev–Trinajstić information content (AvgIpc) is 2.69. The molecule has 12 heteroatoms. The number of alkyl halides is 4. The van der Waals surface area contributed by atoms with Gasteiger partial charge in [0.25, 0.3) is 0 Å². The number of hydrogen-bond acceptors (Lipinski definition) is 5. The third kappa shape index (κ3) is 5.75. The third-order valence-electron chi connectivity index (χ3n) is 3.59. The predicted molar refractivity (Wildman–Crippen MR) is 101 cm³/mol. The summed E-state index contributed by atoms with van der Waals surface area (Å²) in [5.41, 5.74) is 0.534. The van der Waals surface area contributed by atoms with Crippen molar-refractivity contribution in [3.63, 3.8) is 0 Å². The number of ether oxygens (including phenoxy) is 1. The Kier molecular flexibility index (Phi) is 8.32. The molecule has 0 saturated heterocycles. The Morgan fingerprint density at radius 2 is 1.80 bits per heavy atom. The minimum absolute atomic E-state index is 0. The number of anilines is 2. The maximum atomic E-state index is 13.1. The number of aromatic nitrogens is 2. The molecule has 30 heavy (non-hydrogen) atoms. The van der Waals surface area contributed by atoms with Gasteiger partial charge in [-0.05, 0) is 36.4 Å². The standard InChI is InChI=1S/C18H10Cl2F4N3O2.Na/c19-10-4-5-14(20)13(8-10)15-6-7-25-17(26-15)27(28)11-2-1-3-12(9-11)29-18(23,24)16(21)22;/h1-9,16H;/q-1;+1. The minimum Gasteiger partial charge on any atom is -0.752 e. The summed E-state index contributed by atoms with van der Waals surface area (Å²) < 4.78 is 54.8. The van der Waals surface area contributed by atoms with Gasteiger partial charge in [0.15, 0.2) is 0 Å². The molecule has 0 fully saturated rings. The summed E-state index contributed by atoms with van der Waals surface area (Å²) in [7, 11) is 0. The molecule has 0 bridgehead atoms. The molecule has 5 nitrogen and oxygen atoms in total. The van der Waals surface area contributed by atoms with Gasteiger partial charge in [-0.3, -0.25) is 0 Å². The summed E-state index contributed by atoms with van der Waals surface area (Å²) in [6.07, 6.45) is -7.44. The van der Waals surface area contributed by atoms with Crippen LogP contribution >= 0.6 is 23.2 Å². The van der Waals surface area contributed by atoms with Gasteiger partial charge < -0.3 is 15.0 Å². The molecule has 0 aliphatic heterocycles. The summed E-state index contributed by atoms with van der Waals surface area (Å²) in [6, 6.07) is 10.5. The van der Waals surface area contributed by atoms with E-state index in [0.29, 0.717) is 21.3 Å². The molecule has 3 rings (SSSR count). The van der Waals surface area contributed by atoms with Crippen LogP contribution in [-0.4, -0.2) is 22.5 Å². The van der Waals surface area contributed by atoms with E-state index in [4.69, 9.17) is 23.2 Å². The molecule has 2 aromatic carbocycles. The van der Waals surface area contributed by atoms with Gasteiger partial charge in [-0.2, -0.15) is 17.6 Å². The van der Waals surface area contributed by atoms with Gasteiger partial charge in [-0.25, -0.2) is 9.97 Å². The van der Waals surface area contributed by atoms with Crippen LogP contribution in [0.2, 0.25) is 10.0 Å². The van der Waals surface area contributed by atoms with E-state index in [0.717, 1.165) is 12.1 Å². The molecule has 152 valence electrons. The van der Waals surface area contributed by atoms with E-state index in [1.54, 1.807) is 18.2 Å². The van der Waals surface area contributed by atoms with Crippen LogP contribution < -0.4 is 39.4 Å². The molecule has 3 aromatic rings. The van der Waals surface area contributed by atoms with E-state index in [-0.39, 0.29) is 46.3 Å². The molecular weight excluding hydrogens is 460 g/mol. The monoisotopic (exact) mass is 469 g/mol. The number of rotatable bonds is 6. The second kappa shape index (κ2) is 10.1. The Morgan fingerprint density at radius 1 is 1.07 bits per heavy atom. The Labute approximate surface area is 200 Å². The molecule has 0 atom stereocenters. The molecule has 0 N–H and O–H groups in total. The van der Waals surface area contributed by atoms with Gasteiger partial charge in [0.1, 0.15) is 5.75 Å². The number of hydrogen-bond donors (Lipinski definition) is 0. The van der Waals surface area contributed by atoms with Gasteiger partial charge in [0.2, 0.25) is 5.95 Å². The Balaban J connectivity index is 0.00000320. The van der Waals surface area contributed by atoms with Crippen molar-refractivity contribution in [2.45, 2.75) is 12.5 Å². The van der Waals surface area contributed by atoms with Gasteiger partial charge in [0.05, 0.1) is 10.7 Å². The van der Waals surface area contributed by atoms with Gasteiger partial charge in [-0.1, -0.05) is 29.3 Å². The molecule has 0 amide bonds. The smallest absolute Gasteiger partial charge is 0.752 e. The fraction of sp³-hybridized carbons (Fsp3) is 0.111. The van der Waals surface area contributed by atoms with Crippen molar-refractivity contribution in [3.8, 4) is 17.0 Å². The molecule has 0 spiro atoms. The molecular formula is C18H10Cl2F4N3NaO2. The Hall–Kier alpha value is -1.62. The van der Waals surface area contributed by atoms with E-state index in [2.05, 4.69) is 14.7 Å². The zero-order valence-electron chi connectivity index (χ0n) is 15.2.